The minimum atomic E-state index is -0.355. The zero-order valence-corrected chi connectivity index (χ0v) is 12.1. The van der Waals surface area contributed by atoms with Gasteiger partial charge < -0.3 is 20.5 Å². The first-order valence-electron chi connectivity index (χ1n) is 7.17. The van der Waals surface area contributed by atoms with E-state index in [0.29, 0.717) is 12.6 Å². The maximum absolute atomic E-state index is 10.1. The average Bonchev–Trinajstić information content (AvgIpc) is 2.44. The van der Waals surface area contributed by atoms with Crippen LogP contribution in [0.25, 0.3) is 0 Å². The fraction of sp³-hybridized carbons (Fsp3) is 0.769. The van der Waals surface area contributed by atoms with E-state index in [2.05, 4.69) is 15.0 Å². The van der Waals surface area contributed by atoms with Crippen molar-refractivity contribution < 1.29 is 9.84 Å². The maximum Gasteiger partial charge on any atom is 0.323 e. The quantitative estimate of drug-likeness (QED) is 0.830. The zero-order chi connectivity index (χ0) is 14.5. The molecule has 1 fully saturated rings. The first-order valence-corrected chi connectivity index (χ1v) is 7.17. The van der Waals surface area contributed by atoms with E-state index in [-0.39, 0.29) is 24.1 Å². The van der Waals surface area contributed by atoms with Crippen molar-refractivity contribution in [2.45, 2.75) is 51.2 Å². The summed E-state index contributed by atoms with van der Waals surface area (Å²) in [5, 5.41) is 10.1. The molecule has 0 aliphatic heterocycles. The second kappa shape index (κ2) is 6.69. The van der Waals surface area contributed by atoms with E-state index < -0.39 is 0 Å². The molecule has 1 heterocycles. The fourth-order valence-electron chi connectivity index (χ4n) is 2.47. The van der Waals surface area contributed by atoms with Gasteiger partial charge in [0.15, 0.2) is 0 Å². The Hall–Kier alpha value is -1.63. The van der Waals surface area contributed by atoms with Gasteiger partial charge in [-0.1, -0.05) is 19.8 Å². The second-order valence-electron chi connectivity index (χ2n) is 5.15. The smallest absolute Gasteiger partial charge is 0.323 e. The number of likely N-dealkylation sites (N-methyl/N-ethyl adjacent to an activating group) is 1. The molecule has 0 amide bonds. The van der Waals surface area contributed by atoms with Crippen molar-refractivity contribution in [3.63, 3.8) is 0 Å². The van der Waals surface area contributed by atoms with Crippen LogP contribution in [-0.4, -0.2) is 45.9 Å². The summed E-state index contributed by atoms with van der Waals surface area (Å²) in [5.74, 6) is 0.591. The molecule has 2 unspecified atom stereocenters. The number of hydrogen-bond donors (Lipinski definition) is 2. The van der Waals surface area contributed by atoms with Crippen LogP contribution in [-0.2, 0) is 0 Å². The van der Waals surface area contributed by atoms with Crippen molar-refractivity contribution in [1.29, 1.82) is 0 Å². The third-order valence-electron chi connectivity index (χ3n) is 3.56. The molecule has 1 aliphatic carbocycles. The van der Waals surface area contributed by atoms with Crippen molar-refractivity contribution in [2.75, 3.05) is 24.3 Å². The van der Waals surface area contributed by atoms with Crippen LogP contribution in [0, 0.1) is 0 Å². The Bertz CT molecular complexity index is 443. The van der Waals surface area contributed by atoms with Gasteiger partial charge in [0.05, 0.1) is 18.8 Å². The van der Waals surface area contributed by atoms with Gasteiger partial charge in [0.25, 0.3) is 0 Å². The van der Waals surface area contributed by atoms with Crippen LogP contribution in [0.5, 0.6) is 6.01 Å². The molecule has 1 aromatic heterocycles. The first kappa shape index (κ1) is 14.8. The summed E-state index contributed by atoms with van der Waals surface area (Å²) < 4.78 is 5.41. The molecule has 1 aliphatic rings. The van der Waals surface area contributed by atoms with Gasteiger partial charge in [-0.05, 0) is 19.3 Å². The first-order chi connectivity index (χ1) is 9.61. The standard InChI is InChI=1S/C13H23N5O2/c1-3-8-20-13-16-11(14)15-12(17-13)18(2)9-6-4-5-7-10(9)19/h9-10,19H,3-8H2,1-2H3,(H2,14,15,16,17). The Morgan fingerprint density at radius 1 is 1.30 bits per heavy atom. The molecule has 0 aromatic carbocycles. The summed E-state index contributed by atoms with van der Waals surface area (Å²) in [4.78, 5) is 14.3. The van der Waals surface area contributed by atoms with Gasteiger partial charge in [-0.15, -0.1) is 0 Å². The van der Waals surface area contributed by atoms with Crippen LogP contribution in [0.1, 0.15) is 39.0 Å². The number of nitrogens with two attached hydrogens (primary N) is 1. The molecule has 3 N–H and O–H groups in total. The molecular weight excluding hydrogens is 258 g/mol. The highest BCUT2D eigenvalue weighted by molar-refractivity contribution is 5.36. The lowest BCUT2D eigenvalue weighted by Crippen LogP contribution is -2.44. The van der Waals surface area contributed by atoms with Crippen LogP contribution >= 0.6 is 0 Å². The molecule has 0 radical (unpaired) electrons. The molecule has 1 saturated carbocycles. The van der Waals surface area contributed by atoms with E-state index in [0.717, 1.165) is 32.1 Å². The van der Waals surface area contributed by atoms with E-state index in [9.17, 15) is 5.11 Å². The van der Waals surface area contributed by atoms with Gasteiger partial charge in [-0.2, -0.15) is 15.0 Å². The van der Waals surface area contributed by atoms with Crippen molar-refractivity contribution in [3.05, 3.63) is 0 Å². The van der Waals surface area contributed by atoms with Crippen molar-refractivity contribution in [2.24, 2.45) is 0 Å². The summed E-state index contributed by atoms with van der Waals surface area (Å²) in [6, 6.07) is 0.260. The molecule has 0 saturated heterocycles. The van der Waals surface area contributed by atoms with Gasteiger partial charge in [-0.3, -0.25) is 0 Å². The van der Waals surface area contributed by atoms with E-state index in [4.69, 9.17) is 10.5 Å². The van der Waals surface area contributed by atoms with Gasteiger partial charge in [0.1, 0.15) is 0 Å². The predicted octanol–water partition coefficient (Wildman–Crippen LogP) is 0.982. The van der Waals surface area contributed by atoms with Gasteiger partial charge in [0.2, 0.25) is 11.9 Å². The largest absolute Gasteiger partial charge is 0.463 e. The number of nitrogens with zero attached hydrogens (tertiary/aromatic N) is 4. The number of nitrogen functional groups attached to an aromatic ring is 1. The lowest BCUT2D eigenvalue weighted by molar-refractivity contribution is 0.105. The highest BCUT2D eigenvalue weighted by Gasteiger charge is 2.28. The van der Waals surface area contributed by atoms with Crippen molar-refractivity contribution >= 4 is 11.9 Å². The lowest BCUT2D eigenvalue weighted by Gasteiger charge is -2.35. The molecule has 2 atom stereocenters. The summed E-state index contributed by atoms with van der Waals surface area (Å²) in [6.45, 7) is 2.55. The Balaban J connectivity index is 2.15. The molecule has 1 aromatic rings. The van der Waals surface area contributed by atoms with Crippen molar-refractivity contribution in [1.82, 2.24) is 15.0 Å². The van der Waals surface area contributed by atoms with Gasteiger partial charge in [-0.25, -0.2) is 0 Å². The highest BCUT2D eigenvalue weighted by Crippen LogP contribution is 2.25. The number of anilines is 2. The second-order valence-corrected chi connectivity index (χ2v) is 5.15. The van der Waals surface area contributed by atoms with E-state index in [1.54, 1.807) is 0 Å². The minimum Gasteiger partial charge on any atom is -0.463 e. The maximum atomic E-state index is 10.1. The van der Waals surface area contributed by atoms with Gasteiger partial charge in [0, 0.05) is 7.05 Å². The monoisotopic (exact) mass is 281 g/mol. The van der Waals surface area contributed by atoms with Gasteiger partial charge >= 0.3 is 6.01 Å². The lowest BCUT2D eigenvalue weighted by atomic mass is 9.92. The Morgan fingerprint density at radius 3 is 2.75 bits per heavy atom. The molecule has 0 spiro atoms. The van der Waals surface area contributed by atoms with Crippen molar-refractivity contribution in [3.8, 4) is 6.01 Å². The molecule has 7 nitrogen and oxygen atoms in total. The average molecular weight is 281 g/mol. The van der Waals surface area contributed by atoms with Crippen LogP contribution in [0.3, 0.4) is 0 Å². The predicted molar refractivity (Wildman–Crippen MR) is 76.7 cm³/mol. The van der Waals surface area contributed by atoms with E-state index >= 15 is 0 Å². The molecule has 20 heavy (non-hydrogen) atoms. The van der Waals surface area contributed by atoms with Crippen LogP contribution in [0.2, 0.25) is 0 Å². The topological polar surface area (TPSA) is 97.4 Å². The SMILES string of the molecule is CCCOc1nc(N)nc(N(C)C2CCCCC2O)n1. The summed E-state index contributed by atoms with van der Waals surface area (Å²) >= 11 is 0. The number of rotatable bonds is 5. The van der Waals surface area contributed by atoms with Crippen LogP contribution < -0.4 is 15.4 Å². The molecular formula is C13H23N5O2. The van der Waals surface area contributed by atoms with E-state index in [1.165, 1.54) is 0 Å². The minimum absolute atomic E-state index is 0.0181. The Kier molecular flexibility index (Phi) is 4.94. The summed E-state index contributed by atoms with van der Waals surface area (Å²) in [6.07, 6.45) is 4.43. The molecule has 7 heteroatoms. The summed E-state index contributed by atoms with van der Waals surface area (Å²) in [7, 11) is 1.87. The molecule has 2 rings (SSSR count). The number of hydrogen-bond acceptors (Lipinski definition) is 7. The Labute approximate surface area is 119 Å². The molecule has 112 valence electrons. The van der Waals surface area contributed by atoms with Crippen LogP contribution in [0.4, 0.5) is 11.9 Å². The third kappa shape index (κ3) is 3.47. The fourth-order valence-corrected chi connectivity index (χ4v) is 2.47. The summed E-state index contributed by atoms with van der Waals surface area (Å²) in [5.41, 5.74) is 5.70. The number of aliphatic hydroxyl groups excluding tert-OH is 1. The number of aliphatic hydroxyl groups is 1. The number of aromatic nitrogens is 3. The Morgan fingerprint density at radius 2 is 2.05 bits per heavy atom. The third-order valence-corrected chi connectivity index (χ3v) is 3.56. The van der Waals surface area contributed by atoms with Crippen LogP contribution in [0.15, 0.2) is 0 Å². The highest BCUT2D eigenvalue weighted by atomic mass is 16.5. The van der Waals surface area contributed by atoms with E-state index in [1.807, 2.05) is 18.9 Å². The zero-order valence-electron chi connectivity index (χ0n) is 12.1. The molecule has 0 bridgehead atoms. The normalized spacial score (nSPS) is 22.6. The number of ether oxygens (including phenoxy) is 1.